The molecule has 2 amide bonds. The number of unbranched alkanes of at least 4 members (excludes halogenated alkanes) is 10. The molecule has 30 heavy (non-hydrogen) atoms. The summed E-state index contributed by atoms with van der Waals surface area (Å²) < 4.78 is 0. The minimum absolute atomic E-state index is 0.129. The van der Waals surface area contributed by atoms with Gasteiger partial charge in [-0.05, 0) is 43.0 Å². The molecule has 1 aliphatic heterocycles. The summed E-state index contributed by atoms with van der Waals surface area (Å²) in [4.78, 5) is 30.2. The molecule has 0 N–H and O–H groups in total. The van der Waals surface area contributed by atoms with Crippen LogP contribution in [0, 0.1) is 0 Å². The Balaban J connectivity index is 1.13. The fourth-order valence-electron chi connectivity index (χ4n) is 4.18. The summed E-state index contributed by atoms with van der Waals surface area (Å²) in [6.45, 7) is 0.547. The first kappa shape index (κ1) is 22.2. The maximum Gasteiger partial charge on any atom is 0.261 e. The number of nitrogens with zero attached hydrogens (tertiary/aromatic N) is 2. The summed E-state index contributed by atoms with van der Waals surface area (Å²) in [6, 6.07) is 11.3. The molecule has 1 aromatic heterocycles. The van der Waals surface area contributed by atoms with Crippen molar-refractivity contribution in [3.8, 4) is 0 Å². The third-order valence-electron chi connectivity index (χ3n) is 5.95. The largest absolute Gasteiger partial charge is 0.274 e. The first-order valence-electron chi connectivity index (χ1n) is 11.6. The summed E-state index contributed by atoms with van der Waals surface area (Å²) >= 11 is 0. The van der Waals surface area contributed by atoms with Gasteiger partial charge in [-0.15, -0.1) is 0 Å². The summed E-state index contributed by atoms with van der Waals surface area (Å²) in [5.41, 5.74) is 2.46. The molecule has 1 aliphatic rings. The van der Waals surface area contributed by atoms with Crippen LogP contribution in [0.1, 0.15) is 96.9 Å². The molecule has 4 nitrogen and oxygen atoms in total. The number of pyridine rings is 1. The summed E-state index contributed by atoms with van der Waals surface area (Å²) in [6.07, 6.45) is 18.6. The van der Waals surface area contributed by atoms with E-state index in [9.17, 15) is 9.59 Å². The van der Waals surface area contributed by atoms with E-state index in [-0.39, 0.29) is 11.8 Å². The number of hydrogen-bond donors (Lipinski definition) is 0. The fraction of sp³-hybridized carbons (Fsp3) is 0.500. The molecule has 4 heteroatoms. The quantitative estimate of drug-likeness (QED) is 0.277. The molecule has 0 saturated heterocycles. The van der Waals surface area contributed by atoms with Crippen LogP contribution in [0.2, 0.25) is 0 Å². The molecule has 0 bridgehead atoms. The summed E-state index contributed by atoms with van der Waals surface area (Å²) in [5, 5.41) is 0. The Bertz CT molecular complexity index is 769. The molecular formula is C26H34N2O2. The van der Waals surface area contributed by atoms with E-state index < -0.39 is 0 Å². The van der Waals surface area contributed by atoms with Crippen LogP contribution >= 0.6 is 0 Å². The first-order valence-corrected chi connectivity index (χ1v) is 11.6. The van der Waals surface area contributed by atoms with Gasteiger partial charge in [-0.3, -0.25) is 19.5 Å². The lowest BCUT2D eigenvalue weighted by molar-refractivity contribution is 0.0651. The maximum absolute atomic E-state index is 12.3. The molecule has 2 heterocycles. The van der Waals surface area contributed by atoms with E-state index in [1.807, 2.05) is 30.6 Å². The standard InChI is InChI=1S/C26H34N2O2/c29-25-23-17-11-12-18-24(23)26(30)28(25)20-13-9-7-5-3-1-2-4-6-8-10-15-22-16-14-19-27-21-22/h11-12,14,16-19,21H,1-10,13,15,20H2. The molecule has 0 fully saturated rings. The fourth-order valence-corrected chi connectivity index (χ4v) is 4.18. The second-order valence-electron chi connectivity index (χ2n) is 8.31. The van der Waals surface area contributed by atoms with Crippen molar-refractivity contribution in [2.75, 3.05) is 6.54 Å². The van der Waals surface area contributed by atoms with Crippen molar-refractivity contribution in [1.29, 1.82) is 0 Å². The summed E-state index contributed by atoms with van der Waals surface area (Å²) in [5.74, 6) is -0.257. The average Bonchev–Trinajstić information content (AvgIpc) is 3.02. The second kappa shape index (κ2) is 12.3. The summed E-state index contributed by atoms with van der Waals surface area (Å²) in [7, 11) is 0. The number of rotatable bonds is 14. The third-order valence-corrected chi connectivity index (χ3v) is 5.95. The number of carbonyl (C=O) groups is 2. The zero-order valence-corrected chi connectivity index (χ0v) is 18.0. The molecule has 2 aromatic rings. The van der Waals surface area contributed by atoms with E-state index in [2.05, 4.69) is 11.1 Å². The Kier molecular flexibility index (Phi) is 9.07. The molecule has 160 valence electrons. The van der Waals surface area contributed by atoms with Gasteiger partial charge in [0.2, 0.25) is 0 Å². The Labute approximate surface area is 180 Å². The highest BCUT2D eigenvalue weighted by Gasteiger charge is 2.34. The van der Waals surface area contributed by atoms with Gasteiger partial charge in [0.05, 0.1) is 11.1 Å². The van der Waals surface area contributed by atoms with Crippen molar-refractivity contribution >= 4 is 11.8 Å². The van der Waals surface area contributed by atoms with Gasteiger partial charge in [0.1, 0.15) is 0 Å². The lowest BCUT2D eigenvalue weighted by Crippen LogP contribution is -2.30. The van der Waals surface area contributed by atoms with Crippen LogP contribution in [0.3, 0.4) is 0 Å². The van der Waals surface area contributed by atoms with Crippen molar-refractivity contribution in [3.63, 3.8) is 0 Å². The number of imide groups is 1. The van der Waals surface area contributed by atoms with Crippen LogP contribution in [0.4, 0.5) is 0 Å². The van der Waals surface area contributed by atoms with Gasteiger partial charge in [-0.2, -0.15) is 0 Å². The molecule has 0 spiro atoms. The predicted molar refractivity (Wildman–Crippen MR) is 121 cm³/mol. The van der Waals surface area contributed by atoms with E-state index in [1.165, 1.54) is 68.3 Å². The minimum Gasteiger partial charge on any atom is -0.274 e. The number of amides is 2. The molecule has 0 atom stereocenters. The van der Waals surface area contributed by atoms with Gasteiger partial charge in [0.25, 0.3) is 11.8 Å². The van der Waals surface area contributed by atoms with Crippen molar-refractivity contribution in [2.24, 2.45) is 0 Å². The number of hydrogen-bond acceptors (Lipinski definition) is 3. The monoisotopic (exact) mass is 406 g/mol. The molecular weight excluding hydrogens is 372 g/mol. The van der Waals surface area contributed by atoms with Gasteiger partial charge < -0.3 is 0 Å². The van der Waals surface area contributed by atoms with Gasteiger partial charge in [0.15, 0.2) is 0 Å². The van der Waals surface area contributed by atoms with E-state index in [1.54, 1.807) is 12.1 Å². The number of aryl methyl sites for hydroxylation is 1. The van der Waals surface area contributed by atoms with Crippen LogP contribution < -0.4 is 0 Å². The van der Waals surface area contributed by atoms with E-state index in [0.717, 1.165) is 19.3 Å². The topological polar surface area (TPSA) is 50.3 Å². The highest BCUT2D eigenvalue weighted by atomic mass is 16.2. The Morgan fingerprint density at radius 2 is 1.17 bits per heavy atom. The Morgan fingerprint density at radius 3 is 1.70 bits per heavy atom. The number of carbonyl (C=O) groups excluding carboxylic acids is 2. The minimum atomic E-state index is -0.129. The van der Waals surface area contributed by atoms with Crippen LogP contribution in [0.25, 0.3) is 0 Å². The molecule has 3 rings (SSSR count). The number of aromatic nitrogens is 1. The van der Waals surface area contributed by atoms with Crippen LogP contribution in [-0.2, 0) is 6.42 Å². The Morgan fingerprint density at radius 1 is 0.633 bits per heavy atom. The highest BCUT2D eigenvalue weighted by Crippen LogP contribution is 2.23. The smallest absolute Gasteiger partial charge is 0.261 e. The van der Waals surface area contributed by atoms with Crippen LogP contribution in [-0.4, -0.2) is 28.2 Å². The van der Waals surface area contributed by atoms with E-state index in [4.69, 9.17) is 0 Å². The van der Waals surface area contributed by atoms with Gasteiger partial charge >= 0.3 is 0 Å². The second-order valence-corrected chi connectivity index (χ2v) is 8.31. The van der Waals surface area contributed by atoms with Crippen molar-refractivity contribution in [1.82, 2.24) is 9.88 Å². The lowest BCUT2D eigenvalue weighted by Gasteiger charge is -2.13. The third kappa shape index (κ3) is 6.51. The SMILES string of the molecule is O=C1c2ccccc2C(=O)N1CCCCCCCCCCCCCc1cccnc1. The normalized spacial score (nSPS) is 13.1. The molecule has 0 aliphatic carbocycles. The number of fused-ring (bicyclic) bond motifs is 1. The van der Waals surface area contributed by atoms with Crippen molar-refractivity contribution in [2.45, 2.75) is 77.0 Å². The van der Waals surface area contributed by atoms with Gasteiger partial charge in [0, 0.05) is 18.9 Å². The molecule has 0 radical (unpaired) electrons. The highest BCUT2D eigenvalue weighted by molar-refractivity contribution is 6.21. The van der Waals surface area contributed by atoms with Crippen LogP contribution in [0.5, 0.6) is 0 Å². The number of benzene rings is 1. The first-order chi connectivity index (χ1) is 14.8. The molecule has 0 unspecified atom stereocenters. The zero-order chi connectivity index (χ0) is 21.0. The zero-order valence-electron chi connectivity index (χ0n) is 18.0. The van der Waals surface area contributed by atoms with E-state index >= 15 is 0 Å². The lowest BCUT2D eigenvalue weighted by atomic mass is 10.0. The maximum atomic E-state index is 12.3. The molecule has 1 aromatic carbocycles. The van der Waals surface area contributed by atoms with Crippen molar-refractivity contribution < 1.29 is 9.59 Å². The van der Waals surface area contributed by atoms with Crippen molar-refractivity contribution in [3.05, 3.63) is 65.5 Å². The van der Waals surface area contributed by atoms with Crippen LogP contribution in [0.15, 0.2) is 48.8 Å². The molecule has 0 saturated carbocycles. The Hall–Kier alpha value is -2.49. The van der Waals surface area contributed by atoms with E-state index in [0.29, 0.717) is 17.7 Å². The average molecular weight is 407 g/mol. The predicted octanol–water partition coefficient (Wildman–Crippen LogP) is 6.21. The van der Waals surface area contributed by atoms with Gasteiger partial charge in [-0.1, -0.05) is 76.0 Å². The van der Waals surface area contributed by atoms with Gasteiger partial charge in [-0.25, -0.2) is 0 Å².